The Hall–Kier alpha value is -3.80. The summed E-state index contributed by atoms with van der Waals surface area (Å²) in [6, 6.07) is 18.9. The molecule has 2 heterocycles. The highest BCUT2D eigenvalue weighted by molar-refractivity contribution is 6.46. The zero-order chi connectivity index (χ0) is 22.5. The Morgan fingerprint density at radius 3 is 2.59 bits per heavy atom. The molecule has 1 amide bonds. The molecule has 164 valence electrons. The molecule has 6 heteroatoms. The van der Waals surface area contributed by atoms with Crippen molar-refractivity contribution in [2.75, 3.05) is 6.61 Å². The van der Waals surface area contributed by atoms with E-state index in [4.69, 9.17) is 9.15 Å². The van der Waals surface area contributed by atoms with Gasteiger partial charge in [-0.3, -0.25) is 9.59 Å². The number of nitrogens with zero attached hydrogens (tertiary/aromatic N) is 1. The molecule has 1 unspecified atom stereocenters. The third-order valence-electron chi connectivity index (χ3n) is 5.42. The molecule has 1 N–H and O–H groups in total. The molecule has 0 spiro atoms. The molecule has 0 bridgehead atoms. The lowest BCUT2D eigenvalue weighted by Gasteiger charge is -2.23. The number of hydrogen-bond acceptors (Lipinski definition) is 5. The maximum atomic E-state index is 13.0. The largest absolute Gasteiger partial charge is 0.507 e. The molecule has 1 atom stereocenters. The molecule has 32 heavy (non-hydrogen) atoms. The van der Waals surface area contributed by atoms with Gasteiger partial charge in [0.2, 0.25) is 0 Å². The van der Waals surface area contributed by atoms with Crippen LogP contribution in [-0.4, -0.2) is 28.3 Å². The molecule has 2 aromatic carbocycles. The van der Waals surface area contributed by atoms with Crippen molar-refractivity contribution in [1.29, 1.82) is 0 Å². The van der Waals surface area contributed by atoms with Gasteiger partial charge < -0.3 is 19.2 Å². The van der Waals surface area contributed by atoms with Crippen molar-refractivity contribution in [3.05, 3.63) is 95.5 Å². The molecule has 1 aliphatic rings. The Morgan fingerprint density at radius 1 is 1.06 bits per heavy atom. The topological polar surface area (TPSA) is 80.0 Å². The summed E-state index contributed by atoms with van der Waals surface area (Å²) < 4.78 is 11.3. The number of aliphatic hydroxyl groups is 1. The SMILES string of the molecule is CCCCOc1cccc(/C(O)=C2\C(=O)C(=O)N(Cc3ccccc3)C2c2ccco2)c1. The van der Waals surface area contributed by atoms with E-state index in [1.165, 1.54) is 11.2 Å². The van der Waals surface area contributed by atoms with Crippen LogP contribution >= 0.6 is 0 Å². The standard InChI is InChI=1S/C26H25NO5/c1-2-3-14-31-20-12-7-11-19(16-20)24(28)22-23(21-13-8-15-32-21)27(26(30)25(22)29)17-18-9-5-4-6-10-18/h4-13,15-16,23,28H,2-3,14,17H2,1H3/b24-22+. The fraction of sp³-hybridized carbons (Fsp3) is 0.231. The molecule has 0 radical (unpaired) electrons. The van der Waals surface area contributed by atoms with E-state index >= 15 is 0 Å². The molecule has 1 fully saturated rings. The van der Waals surface area contributed by atoms with E-state index in [2.05, 4.69) is 6.92 Å². The van der Waals surface area contributed by atoms with Crippen molar-refractivity contribution in [2.24, 2.45) is 0 Å². The molecular formula is C26H25NO5. The number of unbranched alkanes of at least 4 members (excludes halogenated alkanes) is 1. The lowest BCUT2D eigenvalue weighted by molar-refractivity contribution is -0.140. The van der Waals surface area contributed by atoms with E-state index in [1.54, 1.807) is 36.4 Å². The lowest BCUT2D eigenvalue weighted by Crippen LogP contribution is -2.29. The zero-order valence-electron chi connectivity index (χ0n) is 17.9. The van der Waals surface area contributed by atoms with Crippen molar-refractivity contribution in [2.45, 2.75) is 32.4 Å². The number of hydrogen-bond donors (Lipinski definition) is 1. The number of aliphatic hydroxyl groups excluding tert-OH is 1. The van der Waals surface area contributed by atoms with Crippen LogP contribution in [0.5, 0.6) is 5.75 Å². The van der Waals surface area contributed by atoms with Crippen LogP contribution in [0, 0.1) is 0 Å². The Kier molecular flexibility index (Phi) is 6.40. The second-order valence-electron chi connectivity index (χ2n) is 7.66. The van der Waals surface area contributed by atoms with Gasteiger partial charge in [-0.05, 0) is 36.2 Å². The summed E-state index contributed by atoms with van der Waals surface area (Å²) in [6.45, 7) is 2.86. The van der Waals surface area contributed by atoms with E-state index in [-0.39, 0.29) is 17.9 Å². The average molecular weight is 431 g/mol. The van der Waals surface area contributed by atoms with E-state index < -0.39 is 17.7 Å². The number of carbonyl (C=O) groups is 2. The van der Waals surface area contributed by atoms with Crippen LogP contribution in [0.25, 0.3) is 5.76 Å². The summed E-state index contributed by atoms with van der Waals surface area (Å²) in [4.78, 5) is 27.4. The first kappa shape index (κ1) is 21.4. The highest BCUT2D eigenvalue weighted by Gasteiger charge is 2.47. The smallest absolute Gasteiger partial charge is 0.296 e. The molecule has 4 rings (SSSR count). The number of rotatable bonds is 8. The van der Waals surface area contributed by atoms with Gasteiger partial charge in [-0.25, -0.2) is 0 Å². The van der Waals surface area contributed by atoms with E-state index in [0.29, 0.717) is 23.7 Å². The number of likely N-dealkylation sites (tertiary alicyclic amines) is 1. The first-order chi connectivity index (χ1) is 15.6. The monoisotopic (exact) mass is 431 g/mol. The normalized spacial score (nSPS) is 17.7. The minimum atomic E-state index is -0.824. The summed E-state index contributed by atoms with van der Waals surface area (Å²) >= 11 is 0. The second-order valence-corrected chi connectivity index (χ2v) is 7.66. The first-order valence-corrected chi connectivity index (χ1v) is 10.7. The summed E-state index contributed by atoms with van der Waals surface area (Å²) in [5.41, 5.74) is 1.29. The third kappa shape index (κ3) is 4.30. The fourth-order valence-corrected chi connectivity index (χ4v) is 3.79. The van der Waals surface area contributed by atoms with Gasteiger partial charge in [-0.15, -0.1) is 0 Å². The molecular weight excluding hydrogens is 406 g/mol. The predicted molar refractivity (Wildman–Crippen MR) is 120 cm³/mol. The predicted octanol–water partition coefficient (Wildman–Crippen LogP) is 5.08. The number of Topliss-reactive ketones (excluding diaryl/α,β-unsaturated/α-hetero) is 1. The third-order valence-corrected chi connectivity index (χ3v) is 5.42. The van der Waals surface area contributed by atoms with Crippen LogP contribution in [-0.2, 0) is 16.1 Å². The molecule has 3 aromatic rings. The lowest BCUT2D eigenvalue weighted by atomic mass is 9.99. The zero-order valence-corrected chi connectivity index (χ0v) is 17.9. The van der Waals surface area contributed by atoms with Gasteiger partial charge in [-0.1, -0.05) is 55.8 Å². The molecule has 1 saturated heterocycles. The quantitative estimate of drug-likeness (QED) is 0.233. The van der Waals surface area contributed by atoms with Crippen molar-refractivity contribution in [3.63, 3.8) is 0 Å². The maximum Gasteiger partial charge on any atom is 0.296 e. The van der Waals surface area contributed by atoms with Crippen molar-refractivity contribution < 1.29 is 23.8 Å². The van der Waals surface area contributed by atoms with Gasteiger partial charge in [0.05, 0.1) is 18.4 Å². The Labute approximate surface area is 186 Å². The first-order valence-electron chi connectivity index (χ1n) is 10.7. The van der Waals surface area contributed by atoms with Crippen LogP contribution < -0.4 is 4.74 Å². The summed E-state index contributed by atoms with van der Waals surface area (Å²) in [7, 11) is 0. The van der Waals surface area contributed by atoms with Crippen LogP contribution in [0.1, 0.15) is 42.7 Å². The Bertz CT molecular complexity index is 1120. The number of ketones is 1. The average Bonchev–Trinajstić information content (AvgIpc) is 3.43. The fourth-order valence-electron chi connectivity index (χ4n) is 3.79. The second kappa shape index (κ2) is 9.56. The minimum Gasteiger partial charge on any atom is -0.507 e. The summed E-state index contributed by atoms with van der Waals surface area (Å²) in [5.74, 6) is -0.655. The van der Waals surface area contributed by atoms with E-state index in [1.807, 2.05) is 30.3 Å². The van der Waals surface area contributed by atoms with Gasteiger partial charge in [0.1, 0.15) is 23.3 Å². The number of benzene rings is 2. The number of amides is 1. The Morgan fingerprint density at radius 2 is 1.88 bits per heavy atom. The van der Waals surface area contributed by atoms with Gasteiger partial charge in [0, 0.05) is 12.1 Å². The van der Waals surface area contributed by atoms with Gasteiger partial charge in [0.15, 0.2) is 0 Å². The van der Waals surface area contributed by atoms with Crippen LogP contribution in [0.2, 0.25) is 0 Å². The van der Waals surface area contributed by atoms with Gasteiger partial charge >= 0.3 is 0 Å². The number of furan rings is 1. The Balaban J connectivity index is 1.74. The molecule has 6 nitrogen and oxygen atoms in total. The number of ether oxygens (including phenoxy) is 1. The minimum absolute atomic E-state index is 0.00610. The van der Waals surface area contributed by atoms with Crippen molar-refractivity contribution in [1.82, 2.24) is 4.90 Å². The van der Waals surface area contributed by atoms with E-state index in [9.17, 15) is 14.7 Å². The molecule has 0 aliphatic carbocycles. The molecule has 1 aliphatic heterocycles. The van der Waals surface area contributed by atoms with E-state index in [0.717, 1.165) is 18.4 Å². The number of carbonyl (C=O) groups excluding carboxylic acids is 2. The molecule has 0 saturated carbocycles. The van der Waals surface area contributed by atoms with Gasteiger partial charge in [0.25, 0.3) is 11.7 Å². The van der Waals surface area contributed by atoms with Crippen molar-refractivity contribution in [3.8, 4) is 5.75 Å². The van der Waals surface area contributed by atoms with Gasteiger partial charge in [-0.2, -0.15) is 0 Å². The van der Waals surface area contributed by atoms with Crippen LogP contribution in [0.15, 0.2) is 83.0 Å². The van der Waals surface area contributed by atoms with Crippen molar-refractivity contribution >= 4 is 17.4 Å². The van der Waals surface area contributed by atoms with Crippen LogP contribution in [0.4, 0.5) is 0 Å². The summed E-state index contributed by atoms with van der Waals surface area (Å²) in [6.07, 6.45) is 3.41. The summed E-state index contributed by atoms with van der Waals surface area (Å²) in [5, 5.41) is 11.1. The highest BCUT2D eigenvalue weighted by atomic mass is 16.5. The maximum absolute atomic E-state index is 13.0. The highest BCUT2D eigenvalue weighted by Crippen LogP contribution is 2.40. The van der Waals surface area contributed by atoms with Crippen LogP contribution in [0.3, 0.4) is 0 Å². The molecule has 1 aromatic heterocycles.